The molecule has 6 nitrogen and oxygen atoms in total. The Morgan fingerprint density at radius 3 is 2.11 bits per heavy atom. The predicted molar refractivity (Wildman–Crippen MR) is 106 cm³/mol. The van der Waals surface area contributed by atoms with Gasteiger partial charge in [0.1, 0.15) is 5.75 Å². The first-order valence-corrected chi connectivity index (χ1v) is 9.45. The second-order valence-corrected chi connectivity index (χ2v) is 7.06. The molecule has 28 heavy (non-hydrogen) atoms. The van der Waals surface area contributed by atoms with Gasteiger partial charge in [-0.3, -0.25) is 4.79 Å². The summed E-state index contributed by atoms with van der Waals surface area (Å²) in [6.45, 7) is 7.75. The summed E-state index contributed by atoms with van der Waals surface area (Å²) in [7, 11) is 0. The number of rotatable bonds is 5. The third kappa shape index (κ3) is 4.89. The van der Waals surface area contributed by atoms with Crippen LogP contribution in [-0.2, 0) is 9.63 Å². The van der Waals surface area contributed by atoms with E-state index in [0.29, 0.717) is 37.5 Å². The van der Waals surface area contributed by atoms with E-state index in [0.717, 1.165) is 16.7 Å². The molecule has 1 aliphatic heterocycles. The lowest BCUT2D eigenvalue weighted by atomic mass is 10.0. The van der Waals surface area contributed by atoms with Gasteiger partial charge in [-0.05, 0) is 44.0 Å². The van der Waals surface area contributed by atoms with E-state index < -0.39 is 0 Å². The minimum atomic E-state index is -0.349. The van der Waals surface area contributed by atoms with E-state index in [-0.39, 0.29) is 18.5 Å². The molecule has 3 rings (SSSR count). The van der Waals surface area contributed by atoms with Crippen molar-refractivity contribution >= 4 is 11.9 Å². The van der Waals surface area contributed by atoms with Gasteiger partial charge in [0.05, 0.1) is 18.7 Å². The zero-order valence-corrected chi connectivity index (χ0v) is 16.6. The maximum absolute atomic E-state index is 12.5. The Balaban J connectivity index is 1.46. The number of carbonyl (C=O) groups is 2. The minimum Gasteiger partial charge on any atom is -0.484 e. The Hall–Kier alpha value is -2.86. The largest absolute Gasteiger partial charge is 0.484 e. The van der Waals surface area contributed by atoms with E-state index in [1.807, 2.05) is 63.2 Å². The third-order valence-corrected chi connectivity index (χ3v) is 4.87. The van der Waals surface area contributed by atoms with Gasteiger partial charge >= 0.3 is 5.97 Å². The molecule has 1 amide bonds. The summed E-state index contributed by atoms with van der Waals surface area (Å²) in [6, 6.07) is 13.3. The van der Waals surface area contributed by atoms with Crippen LogP contribution >= 0.6 is 0 Å². The van der Waals surface area contributed by atoms with E-state index in [1.54, 1.807) is 9.96 Å². The zero-order chi connectivity index (χ0) is 20.1. The Morgan fingerprint density at radius 2 is 1.50 bits per heavy atom. The Kier molecular flexibility index (Phi) is 6.31. The van der Waals surface area contributed by atoms with Crippen molar-refractivity contribution in [2.24, 2.45) is 0 Å². The SMILES string of the molecule is Cc1ccc(OCC(=O)N2CCN(OC(=O)c3c(C)cccc3C)CC2)cc1. The van der Waals surface area contributed by atoms with E-state index in [4.69, 9.17) is 9.57 Å². The molecule has 0 aromatic heterocycles. The van der Waals surface area contributed by atoms with Crippen molar-refractivity contribution in [2.75, 3.05) is 32.8 Å². The normalized spacial score (nSPS) is 14.6. The standard InChI is InChI=1S/C22H26N2O4/c1-16-7-9-19(10-8-16)27-15-20(25)23-11-13-24(14-12-23)28-22(26)21-17(2)5-4-6-18(21)3/h4-10H,11-15H2,1-3H3. The first-order valence-electron chi connectivity index (χ1n) is 9.45. The molecule has 2 aromatic rings. The van der Waals surface area contributed by atoms with Gasteiger partial charge < -0.3 is 14.5 Å². The van der Waals surface area contributed by atoms with Crippen LogP contribution in [0.1, 0.15) is 27.0 Å². The van der Waals surface area contributed by atoms with Gasteiger partial charge in [0.2, 0.25) is 0 Å². The highest BCUT2D eigenvalue weighted by Crippen LogP contribution is 2.16. The number of aryl methyl sites for hydroxylation is 3. The molecule has 1 saturated heterocycles. The summed E-state index contributed by atoms with van der Waals surface area (Å²) >= 11 is 0. The molecule has 0 N–H and O–H groups in total. The quantitative estimate of drug-likeness (QED) is 0.796. The predicted octanol–water partition coefficient (Wildman–Crippen LogP) is 2.91. The van der Waals surface area contributed by atoms with E-state index in [1.165, 1.54) is 0 Å². The number of piperazine rings is 1. The lowest BCUT2D eigenvalue weighted by molar-refractivity contribution is -0.150. The average Bonchev–Trinajstić information content (AvgIpc) is 2.68. The highest BCUT2D eigenvalue weighted by molar-refractivity contribution is 5.92. The van der Waals surface area contributed by atoms with Crippen molar-refractivity contribution in [1.82, 2.24) is 9.96 Å². The maximum Gasteiger partial charge on any atom is 0.357 e. The van der Waals surface area contributed by atoms with E-state index in [9.17, 15) is 9.59 Å². The Bertz CT molecular complexity index is 820. The van der Waals surface area contributed by atoms with Gasteiger partial charge in [-0.15, -0.1) is 5.06 Å². The van der Waals surface area contributed by atoms with Crippen LogP contribution in [0.5, 0.6) is 5.75 Å². The molecule has 1 fully saturated rings. The van der Waals surface area contributed by atoms with Crippen LogP contribution in [0.3, 0.4) is 0 Å². The number of carbonyl (C=O) groups excluding carboxylic acids is 2. The molecular weight excluding hydrogens is 356 g/mol. The number of hydrogen-bond acceptors (Lipinski definition) is 5. The average molecular weight is 382 g/mol. The zero-order valence-electron chi connectivity index (χ0n) is 16.6. The van der Waals surface area contributed by atoms with Crippen LogP contribution in [0.15, 0.2) is 42.5 Å². The second kappa shape index (κ2) is 8.89. The maximum atomic E-state index is 12.5. The van der Waals surface area contributed by atoms with E-state index in [2.05, 4.69) is 0 Å². The lowest BCUT2D eigenvalue weighted by Gasteiger charge is -2.33. The van der Waals surface area contributed by atoms with Gasteiger partial charge in [-0.25, -0.2) is 4.79 Å². The molecule has 1 heterocycles. The number of hydroxylamine groups is 2. The van der Waals surface area contributed by atoms with Crippen molar-refractivity contribution in [3.05, 3.63) is 64.7 Å². The summed E-state index contributed by atoms with van der Waals surface area (Å²) in [5, 5.41) is 1.62. The summed E-state index contributed by atoms with van der Waals surface area (Å²) < 4.78 is 5.56. The summed E-state index contributed by atoms with van der Waals surface area (Å²) in [5.74, 6) is 0.263. The second-order valence-electron chi connectivity index (χ2n) is 7.06. The Labute approximate surface area is 165 Å². The summed E-state index contributed by atoms with van der Waals surface area (Å²) in [6.07, 6.45) is 0. The van der Waals surface area contributed by atoms with Crippen LogP contribution in [-0.4, -0.2) is 54.6 Å². The van der Waals surface area contributed by atoms with E-state index >= 15 is 0 Å². The van der Waals surface area contributed by atoms with Crippen molar-refractivity contribution in [3.63, 3.8) is 0 Å². The monoisotopic (exact) mass is 382 g/mol. The number of ether oxygens (including phenoxy) is 1. The molecule has 0 aliphatic carbocycles. The van der Waals surface area contributed by atoms with Crippen molar-refractivity contribution in [3.8, 4) is 5.75 Å². The molecule has 6 heteroatoms. The van der Waals surface area contributed by atoms with Crippen LogP contribution in [0.2, 0.25) is 0 Å². The lowest BCUT2D eigenvalue weighted by Crippen LogP contribution is -2.50. The number of nitrogens with zero attached hydrogens (tertiary/aromatic N) is 2. The third-order valence-electron chi connectivity index (χ3n) is 4.87. The van der Waals surface area contributed by atoms with Gasteiger partial charge in [0.25, 0.3) is 5.91 Å². The molecule has 148 valence electrons. The van der Waals surface area contributed by atoms with Crippen molar-refractivity contribution < 1.29 is 19.2 Å². The number of hydrogen-bond donors (Lipinski definition) is 0. The van der Waals surface area contributed by atoms with Crippen LogP contribution in [0, 0.1) is 20.8 Å². The summed E-state index contributed by atoms with van der Waals surface area (Å²) in [5.41, 5.74) is 3.54. The first kappa shape index (κ1) is 19.9. The molecule has 0 saturated carbocycles. The Morgan fingerprint density at radius 1 is 0.893 bits per heavy atom. The highest BCUT2D eigenvalue weighted by Gasteiger charge is 2.25. The first-order chi connectivity index (χ1) is 13.4. The summed E-state index contributed by atoms with van der Waals surface area (Å²) in [4.78, 5) is 32.1. The fourth-order valence-corrected chi connectivity index (χ4v) is 3.20. The van der Waals surface area contributed by atoms with Crippen LogP contribution in [0.4, 0.5) is 0 Å². The van der Waals surface area contributed by atoms with Crippen molar-refractivity contribution in [2.45, 2.75) is 20.8 Å². The fourth-order valence-electron chi connectivity index (χ4n) is 3.20. The molecular formula is C22H26N2O4. The molecule has 0 spiro atoms. The van der Waals surface area contributed by atoms with Crippen molar-refractivity contribution in [1.29, 1.82) is 0 Å². The molecule has 2 aromatic carbocycles. The number of benzene rings is 2. The van der Waals surface area contributed by atoms with Gasteiger partial charge in [0, 0.05) is 13.1 Å². The molecule has 1 aliphatic rings. The van der Waals surface area contributed by atoms with Crippen LogP contribution in [0.25, 0.3) is 0 Å². The molecule has 0 bridgehead atoms. The minimum absolute atomic E-state index is 0.00521. The van der Waals surface area contributed by atoms with Crippen LogP contribution < -0.4 is 4.74 Å². The van der Waals surface area contributed by atoms with Gasteiger partial charge in [-0.2, -0.15) is 0 Å². The molecule has 0 unspecified atom stereocenters. The topological polar surface area (TPSA) is 59.1 Å². The fraction of sp³-hybridized carbons (Fsp3) is 0.364. The smallest absolute Gasteiger partial charge is 0.357 e. The van der Waals surface area contributed by atoms with Gasteiger partial charge in [0.15, 0.2) is 6.61 Å². The number of amides is 1. The van der Waals surface area contributed by atoms with Gasteiger partial charge in [-0.1, -0.05) is 35.9 Å². The molecule has 0 radical (unpaired) electrons. The highest BCUT2D eigenvalue weighted by atomic mass is 16.7. The molecule has 0 atom stereocenters.